The third-order valence-electron chi connectivity index (χ3n) is 6.25. The second-order valence-corrected chi connectivity index (χ2v) is 9.06. The summed E-state index contributed by atoms with van der Waals surface area (Å²) in [7, 11) is 0. The van der Waals surface area contributed by atoms with Gasteiger partial charge in [-0.1, -0.05) is 30.3 Å². The number of imidazole rings is 1. The molecule has 3 heterocycles. The first kappa shape index (κ1) is 20.5. The Morgan fingerprint density at radius 1 is 0.971 bits per heavy atom. The molecule has 0 radical (unpaired) electrons. The maximum atomic E-state index is 6.13. The maximum absolute atomic E-state index is 6.13. The molecule has 0 amide bonds. The van der Waals surface area contributed by atoms with Crippen LogP contribution in [0.4, 0.5) is 11.6 Å². The van der Waals surface area contributed by atoms with Gasteiger partial charge in [0.05, 0.1) is 23.1 Å². The van der Waals surface area contributed by atoms with Crippen LogP contribution in [0.2, 0.25) is 0 Å². The highest BCUT2D eigenvalue weighted by atomic mass is 16.5. The number of benzene rings is 3. The van der Waals surface area contributed by atoms with Gasteiger partial charge in [-0.15, -0.1) is 0 Å². The number of aromatic nitrogens is 3. The van der Waals surface area contributed by atoms with E-state index in [1.54, 1.807) is 0 Å². The Morgan fingerprint density at radius 2 is 1.82 bits per heavy atom. The summed E-state index contributed by atoms with van der Waals surface area (Å²) in [6.45, 7) is 6.47. The molecule has 2 N–H and O–H groups in total. The Balaban J connectivity index is 1.35. The number of ether oxygens (including phenoxy) is 1. The van der Waals surface area contributed by atoms with Gasteiger partial charge in [0.1, 0.15) is 12.4 Å². The molecule has 0 spiro atoms. The molecule has 6 rings (SSSR count). The van der Waals surface area contributed by atoms with Crippen molar-refractivity contribution >= 4 is 33.6 Å². The number of para-hydroxylation sites is 1. The Morgan fingerprint density at radius 3 is 2.74 bits per heavy atom. The van der Waals surface area contributed by atoms with E-state index in [1.165, 1.54) is 22.2 Å². The predicted octanol–water partition coefficient (Wildman–Crippen LogP) is 6.00. The summed E-state index contributed by atoms with van der Waals surface area (Å²) in [4.78, 5) is 15.0. The summed E-state index contributed by atoms with van der Waals surface area (Å²) in [5, 5.41) is 4.51. The van der Waals surface area contributed by atoms with Crippen molar-refractivity contribution in [1.82, 2.24) is 15.0 Å². The lowest BCUT2D eigenvalue weighted by molar-refractivity contribution is 0.332. The summed E-state index contributed by atoms with van der Waals surface area (Å²) < 4.78 is 6.13. The molecule has 5 aromatic rings. The third-order valence-corrected chi connectivity index (χ3v) is 6.25. The first-order valence-electron chi connectivity index (χ1n) is 11.8. The molecule has 0 saturated carbocycles. The minimum absolute atomic E-state index is 0.324. The molecule has 170 valence electrons. The Hall–Kier alpha value is -4.06. The molecule has 0 saturated heterocycles. The zero-order chi connectivity index (χ0) is 23.1. The molecule has 6 nitrogen and oxygen atoms in total. The van der Waals surface area contributed by atoms with E-state index in [1.807, 2.05) is 12.3 Å². The van der Waals surface area contributed by atoms with Crippen molar-refractivity contribution in [3.05, 3.63) is 78.5 Å². The van der Waals surface area contributed by atoms with Gasteiger partial charge in [-0.05, 0) is 61.4 Å². The first-order valence-corrected chi connectivity index (χ1v) is 11.8. The number of pyridine rings is 1. The van der Waals surface area contributed by atoms with E-state index in [4.69, 9.17) is 4.74 Å². The Kier molecular flexibility index (Phi) is 5.06. The van der Waals surface area contributed by atoms with Crippen LogP contribution < -0.4 is 15.0 Å². The molecular formula is C28H27N5O. The normalized spacial score (nSPS) is 13.7. The summed E-state index contributed by atoms with van der Waals surface area (Å²) >= 11 is 0. The van der Waals surface area contributed by atoms with E-state index in [9.17, 15) is 0 Å². The lowest BCUT2D eigenvalue weighted by Crippen LogP contribution is -2.25. The standard InChI is InChI=1S/C28H27N5O/c1-18(2)30-28-31-24-9-7-20(16-25(24)32-28)19-8-10-27-21(15-19)17-33(13-14-34-27)26-11-12-29-23-6-4-3-5-22(23)26/h3-12,15-16,18H,13-14,17H2,1-2H3,(H2,30,31,32). The average molecular weight is 450 g/mol. The van der Waals surface area contributed by atoms with Crippen molar-refractivity contribution in [2.75, 3.05) is 23.4 Å². The predicted molar refractivity (Wildman–Crippen MR) is 139 cm³/mol. The Bertz CT molecular complexity index is 1480. The fraction of sp³-hybridized carbons (Fsp3) is 0.214. The van der Waals surface area contributed by atoms with E-state index in [-0.39, 0.29) is 0 Å². The third kappa shape index (κ3) is 3.81. The van der Waals surface area contributed by atoms with Crippen LogP contribution in [0, 0.1) is 0 Å². The summed E-state index contributed by atoms with van der Waals surface area (Å²) in [5.41, 5.74) is 7.69. The molecule has 0 bridgehead atoms. The van der Waals surface area contributed by atoms with E-state index in [0.717, 1.165) is 46.9 Å². The number of hydrogen-bond acceptors (Lipinski definition) is 5. The van der Waals surface area contributed by atoms with Gasteiger partial charge in [-0.2, -0.15) is 0 Å². The van der Waals surface area contributed by atoms with Crippen molar-refractivity contribution in [3.63, 3.8) is 0 Å². The second kappa shape index (κ2) is 8.37. The van der Waals surface area contributed by atoms with E-state index in [2.05, 4.69) is 99.7 Å². The molecule has 6 heteroatoms. The largest absolute Gasteiger partial charge is 0.491 e. The molecule has 0 unspecified atom stereocenters. The van der Waals surface area contributed by atoms with Gasteiger partial charge in [0.2, 0.25) is 5.95 Å². The van der Waals surface area contributed by atoms with Crippen LogP contribution in [-0.4, -0.2) is 34.1 Å². The molecule has 1 aliphatic heterocycles. The number of nitrogens with one attached hydrogen (secondary N) is 2. The highest BCUT2D eigenvalue weighted by molar-refractivity contribution is 5.91. The van der Waals surface area contributed by atoms with Gasteiger partial charge in [0.25, 0.3) is 0 Å². The van der Waals surface area contributed by atoms with Gasteiger partial charge in [-0.25, -0.2) is 4.98 Å². The lowest BCUT2D eigenvalue weighted by Gasteiger charge is -2.23. The number of fused-ring (bicyclic) bond motifs is 3. The molecule has 3 aromatic carbocycles. The smallest absolute Gasteiger partial charge is 0.201 e. The minimum Gasteiger partial charge on any atom is -0.491 e. The van der Waals surface area contributed by atoms with Crippen LogP contribution in [0.15, 0.2) is 72.9 Å². The van der Waals surface area contributed by atoms with Gasteiger partial charge >= 0.3 is 0 Å². The Labute approximate surface area is 198 Å². The fourth-order valence-electron chi connectivity index (χ4n) is 4.67. The van der Waals surface area contributed by atoms with Crippen molar-refractivity contribution in [1.29, 1.82) is 0 Å². The number of anilines is 2. The van der Waals surface area contributed by atoms with E-state index in [0.29, 0.717) is 12.6 Å². The van der Waals surface area contributed by atoms with Gasteiger partial charge < -0.3 is 19.9 Å². The fourth-order valence-corrected chi connectivity index (χ4v) is 4.67. The molecule has 0 atom stereocenters. The topological polar surface area (TPSA) is 66.1 Å². The van der Waals surface area contributed by atoms with Crippen LogP contribution >= 0.6 is 0 Å². The van der Waals surface area contributed by atoms with Crippen LogP contribution in [0.1, 0.15) is 19.4 Å². The number of nitrogens with zero attached hydrogens (tertiary/aromatic N) is 3. The second-order valence-electron chi connectivity index (χ2n) is 9.06. The van der Waals surface area contributed by atoms with Crippen LogP contribution in [0.25, 0.3) is 33.1 Å². The molecule has 1 aliphatic rings. The van der Waals surface area contributed by atoms with E-state index < -0.39 is 0 Å². The molecule has 0 fully saturated rings. The zero-order valence-electron chi connectivity index (χ0n) is 19.4. The van der Waals surface area contributed by atoms with Crippen LogP contribution in [0.5, 0.6) is 5.75 Å². The number of H-pyrrole nitrogens is 1. The summed E-state index contributed by atoms with van der Waals surface area (Å²) in [5.74, 6) is 1.76. The van der Waals surface area contributed by atoms with E-state index >= 15 is 0 Å². The monoisotopic (exact) mass is 449 g/mol. The summed E-state index contributed by atoms with van der Waals surface area (Å²) in [6, 6.07) is 23.6. The SMILES string of the molecule is CC(C)Nc1nc2ccc(-c3ccc4c(c3)CN(c3ccnc5ccccc35)CCO4)cc2[nH]1. The van der Waals surface area contributed by atoms with Crippen LogP contribution in [-0.2, 0) is 6.54 Å². The number of aromatic amines is 1. The number of hydrogen-bond donors (Lipinski definition) is 2. The van der Waals surface area contributed by atoms with Crippen molar-refractivity contribution in [2.45, 2.75) is 26.4 Å². The maximum Gasteiger partial charge on any atom is 0.201 e. The minimum atomic E-state index is 0.324. The average Bonchev–Trinajstić information content (AvgIpc) is 3.11. The molecule has 34 heavy (non-hydrogen) atoms. The highest BCUT2D eigenvalue weighted by Gasteiger charge is 2.18. The molecule has 0 aliphatic carbocycles. The summed E-state index contributed by atoms with van der Waals surface area (Å²) in [6.07, 6.45) is 1.89. The zero-order valence-corrected chi connectivity index (χ0v) is 19.4. The van der Waals surface area contributed by atoms with Crippen molar-refractivity contribution in [3.8, 4) is 16.9 Å². The quantitative estimate of drug-likeness (QED) is 0.352. The van der Waals surface area contributed by atoms with Crippen molar-refractivity contribution in [2.24, 2.45) is 0 Å². The highest BCUT2D eigenvalue weighted by Crippen LogP contribution is 2.34. The number of rotatable bonds is 4. The van der Waals surface area contributed by atoms with Gasteiger partial charge in [0, 0.05) is 35.4 Å². The van der Waals surface area contributed by atoms with Crippen LogP contribution in [0.3, 0.4) is 0 Å². The van der Waals surface area contributed by atoms with Gasteiger partial charge in [-0.3, -0.25) is 4.98 Å². The van der Waals surface area contributed by atoms with Crippen molar-refractivity contribution < 1.29 is 4.74 Å². The first-order chi connectivity index (χ1) is 16.6. The molecular weight excluding hydrogens is 422 g/mol. The van der Waals surface area contributed by atoms with Gasteiger partial charge in [0.15, 0.2) is 0 Å². The molecule has 2 aromatic heterocycles. The lowest BCUT2D eigenvalue weighted by atomic mass is 10.0.